The zero-order chi connectivity index (χ0) is 10.6. The lowest BCUT2D eigenvalue weighted by molar-refractivity contribution is -0.686. The minimum absolute atomic E-state index is 0.0801. The molecule has 6 nitrogen and oxygen atoms in total. The van der Waals surface area contributed by atoms with E-state index in [0.29, 0.717) is 5.69 Å². The fraction of sp³-hybridized carbons (Fsp3) is 0.375. The number of imidazole rings is 1. The number of amides is 1. The number of aromatic nitrogens is 2. The molecule has 1 heterocycles. The highest BCUT2D eigenvalue weighted by molar-refractivity contribution is 5.73. The molecule has 1 N–H and O–H groups in total. The van der Waals surface area contributed by atoms with Crippen molar-refractivity contribution in [3.63, 3.8) is 0 Å². The molecule has 0 aliphatic rings. The summed E-state index contributed by atoms with van der Waals surface area (Å²) in [5, 5.41) is 9.78. The summed E-state index contributed by atoms with van der Waals surface area (Å²) < 4.78 is 1.51. The van der Waals surface area contributed by atoms with Crippen molar-refractivity contribution in [2.24, 2.45) is 0 Å². The number of carbonyl (C=O) groups excluding carboxylic acids is 1. The number of aromatic amines is 1. The predicted molar refractivity (Wildman–Crippen MR) is 45.5 cm³/mol. The Morgan fingerprint density at radius 1 is 1.86 bits per heavy atom. The number of carbonyl (C=O) groups is 1. The van der Waals surface area contributed by atoms with E-state index in [-0.39, 0.29) is 12.5 Å². The van der Waals surface area contributed by atoms with Gasteiger partial charge in [-0.25, -0.2) is 14.6 Å². The van der Waals surface area contributed by atoms with Crippen LogP contribution in [0.2, 0.25) is 0 Å². The average molecular weight is 195 g/mol. The molecule has 0 radical (unpaired) electrons. The van der Waals surface area contributed by atoms with Gasteiger partial charge in [-0.15, -0.1) is 0 Å². The molecule has 0 saturated carbocycles. The van der Waals surface area contributed by atoms with Gasteiger partial charge in [0.25, 0.3) is 5.91 Å². The van der Waals surface area contributed by atoms with Gasteiger partial charge in [0.15, 0.2) is 6.54 Å². The monoisotopic (exact) mass is 195 g/mol. The van der Waals surface area contributed by atoms with E-state index in [1.54, 1.807) is 6.33 Å². The van der Waals surface area contributed by atoms with Gasteiger partial charge >= 0.3 is 0 Å². The van der Waals surface area contributed by atoms with Crippen molar-refractivity contribution < 1.29 is 14.2 Å². The quantitative estimate of drug-likeness (QED) is 0.506. The van der Waals surface area contributed by atoms with Crippen LogP contribution in [0.4, 0.5) is 0 Å². The first-order valence-corrected chi connectivity index (χ1v) is 3.96. The average Bonchev–Trinajstić information content (AvgIpc) is 2.63. The molecular weight excluding hydrogens is 184 g/mol. The van der Waals surface area contributed by atoms with Crippen LogP contribution in [0.3, 0.4) is 0 Å². The Hall–Kier alpha value is -1.87. The van der Waals surface area contributed by atoms with Gasteiger partial charge < -0.3 is 0 Å². The third-order valence-electron chi connectivity index (χ3n) is 1.81. The Morgan fingerprint density at radius 2 is 2.57 bits per heavy atom. The fourth-order valence-electron chi connectivity index (χ4n) is 0.933. The van der Waals surface area contributed by atoms with Crippen molar-refractivity contribution in [3.8, 4) is 6.07 Å². The van der Waals surface area contributed by atoms with Crippen molar-refractivity contribution in [2.75, 3.05) is 14.2 Å². The number of nitrogens with one attached hydrogen (secondary N) is 1. The Balaban J connectivity index is 2.70. The molecule has 1 rings (SSSR count). The molecule has 1 aromatic rings. The van der Waals surface area contributed by atoms with E-state index in [4.69, 9.17) is 10.1 Å². The molecule has 0 saturated heterocycles. The summed E-state index contributed by atoms with van der Waals surface area (Å²) in [6.45, 7) is 0.0801. The maximum atomic E-state index is 11.4. The van der Waals surface area contributed by atoms with Crippen LogP contribution in [0.25, 0.3) is 0 Å². The lowest BCUT2D eigenvalue weighted by atomic mass is 10.5. The number of hydrogen-bond acceptors (Lipinski definition) is 3. The first kappa shape index (κ1) is 10.2. The maximum absolute atomic E-state index is 11.4. The normalized spacial score (nSPS) is 9.50. The van der Waals surface area contributed by atoms with E-state index in [1.807, 2.05) is 6.07 Å². The summed E-state index contributed by atoms with van der Waals surface area (Å²) in [7, 11) is 2.92. The fourth-order valence-corrected chi connectivity index (χ4v) is 0.933. The van der Waals surface area contributed by atoms with Crippen LogP contribution in [0.1, 0.15) is 5.69 Å². The molecule has 0 aliphatic heterocycles. The third-order valence-corrected chi connectivity index (χ3v) is 1.81. The van der Waals surface area contributed by atoms with Crippen LogP contribution in [0, 0.1) is 11.3 Å². The highest BCUT2D eigenvalue weighted by Crippen LogP contribution is 1.88. The standard InChI is InChI=1S/C8H10N4O2/c1-11(14-2)8(13)5-12-6-10-4-7(12)3-9/h4,6H,5H2,1-2H3/p+1. The van der Waals surface area contributed by atoms with Gasteiger partial charge in [-0.2, -0.15) is 5.26 Å². The number of rotatable bonds is 3. The van der Waals surface area contributed by atoms with Gasteiger partial charge in [-0.3, -0.25) is 9.63 Å². The second kappa shape index (κ2) is 4.39. The molecule has 74 valence electrons. The van der Waals surface area contributed by atoms with Crippen molar-refractivity contribution in [1.82, 2.24) is 10.0 Å². The summed E-state index contributed by atoms with van der Waals surface area (Å²) in [6, 6.07) is 1.96. The predicted octanol–water partition coefficient (Wildman–Crippen LogP) is -0.806. The second-order valence-electron chi connectivity index (χ2n) is 2.64. The Morgan fingerprint density at radius 3 is 3.14 bits per heavy atom. The van der Waals surface area contributed by atoms with Crippen molar-refractivity contribution in [3.05, 3.63) is 18.2 Å². The first-order valence-electron chi connectivity index (χ1n) is 3.96. The summed E-state index contributed by atoms with van der Waals surface area (Å²) in [5.41, 5.74) is 0.405. The first-order chi connectivity index (χ1) is 6.69. The molecule has 0 atom stereocenters. The number of hydroxylamine groups is 2. The smallest absolute Gasteiger partial charge is 0.274 e. The van der Waals surface area contributed by atoms with Crippen LogP contribution in [-0.2, 0) is 16.2 Å². The molecule has 0 spiro atoms. The zero-order valence-corrected chi connectivity index (χ0v) is 8.02. The highest BCUT2D eigenvalue weighted by Gasteiger charge is 2.15. The van der Waals surface area contributed by atoms with E-state index >= 15 is 0 Å². The molecule has 1 aromatic heterocycles. The Labute approximate surface area is 81.3 Å². The molecular formula is C8H11N4O2+. The molecule has 6 heteroatoms. The van der Waals surface area contributed by atoms with Gasteiger partial charge in [-0.1, -0.05) is 0 Å². The lowest BCUT2D eigenvalue weighted by Gasteiger charge is -2.11. The van der Waals surface area contributed by atoms with Gasteiger partial charge in [0.2, 0.25) is 12.0 Å². The number of nitriles is 1. The summed E-state index contributed by atoms with van der Waals surface area (Å²) in [6.07, 6.45) is 3.08. The molecule has 14 heavy (non-hydrogen) atoms. The van der Waals surface area contributed by atoms with Crippen molar-refractivity contribution in [2.45, 2.75) is 6.54 Å². The van der Waals surface area contributed by atoms with Crippen molar-refractivity contribution >= 4 is 5.91 Å². The molecule has 0 aliphatic carbocycles. The molecule has 0 fully saturated rings. The number of likely N-dealkylation sites (N-methyl/N-ethyl adjacent to an activating group) is 1. The zero-order valence-electron chi connectivity index (χ0n) is 8.02. The molecule has 0 unspecified atom stereocenters. The number of hydrogen-bond donors (Lipinski definition) is 1. The Kier molecular flexibility index (Phi) is 3.20. The third kappa shape index (κ3) is 2.08. The van der Waals surface area contributed by atoms with Gasteiger partial charge in [0, 0.05) is 7.05 Å². The summed E-state index contributed by atoms with van der Waals surface area (Å²) >= 11 is 0. The van der Waals surface area contributed by atoms with Crippen LogP contribution < -0.4 is 4.57 Å². The molecule has 1 amide bonds. The highest BCUT2D eigenvalue weighted by atomic mass is 16.7. The molecule has 0 bridgehead atoms. The topological polar surface area (TPSA) is 73.0 Å². The lowest BCUT2D eigenvalue weighted by Crippen LogP contribution is -2.43. The van der Waals surface area contributed by atoms with Gasteiger partial charge in [0.05, 0.1) is 7.11 Å². The van der Waals surface area contributed by atoms with E-state index in [1.165, 1.54) is 24.9 Å². The summed E-state index contributed by atoms with van der Waals surface area (Å²) in [4.78, 5) is 18.8. The minimum atomic E-state index is -0.228. The van der Waals surface area contributed by atoms with E-state index < -0.39 is 0 Å². The SMILES string of the molecule is CON(C)C(=O)C[n+]1c[nH]cc1C#N. The number of nitrogens with zero attached hydrogens (tertiary/aromatic N) is 3. The van der Waals surface area contributed by atoms with Crippen LogP contribution in [-0.4, -0.2) is 30.1 Å². The maximum Gasteiger partial charge on any atom is 0.288 e. The van der Waals surface area contributed by atoms with Crippen LogP contribution >= 0.6 is 0 Å². The minimum Gasteiger partial charge on any atom is -0.274 e. The van der Waals surface area contributed by atoms with E-state index in [9.17, 15) is 4.79 Å². The van der Waals surface area contributed by atoms with Gasteiger partial charge in [-0.05, 0) is 0 Å². The van der Waals surface area contributed by atoms with Crippen LogP contribution in [0.15, 0.2) is 12.5 Å². The van der Waals surface area contributed by atoms with E-state index in [2.05, 4.69) is 4.98 Å². The Bertz CT molecular complexity index is 366. The number of H-pyrrole nitrogens is 1. The molecule has 0 aromatic carbocycles. The van der Waals surface area contributed by atoms with E-state index in [0.717, 1.165) is 5.06 Å². The summed E-state index contributed by atoms with van der Waals surface area (Å²) in [5.74, 6) is -0.228. The van der Waals surface area contributed by atoms with Gasteiger partial charge in [0.1, 0.15) is 12.3 Å². The van der Waals surface area contributed by atoms with Crippen molar-refractivity contribution in [1.29, 1.82) is 5.26 Å². The largest absolute Gasteiger partial charge is 0.288 e. The second-order valence-corrected chi connectivity index (χ2v) is 2.64. The van der Waals surface area contributed by atoms with Crippen LogP contribution in [0.5, 0.6) is 0 Å².